The van der Waals surface area contributed by atoms with Gasteiger partial charge in [0.05, 0.1) is 7.11 Å². The summed E-state index contributed by atoms with van der Waals surface area (Å²) in [7, 11) is -0.875. The zero-order valence-electron chi connectivity index (χ0n) is 14.7. The zero-order valence-corrected chi connectivity index (χ0v) is 16.7. The minimum absolute atomic E-state index is 0.0566. The van der Waals surface area contributed by atoms with Crippen LogP contribution >= 0.6 is 0 Å². The Morgan fingerprint density at radius 2 is 1.67 bits per heavy atom. The first kappa shape index (κ1) is 20.5. The molecular formula is C15H32O4Si2. The molecule has 0 aliphatic heterocycles. The molecule has 0 aliphatic rings. The van der Waals surface area contributed by atoms with Crippen molar-refractivity contribution in [3.05, 3.63) is 0 Å². The van der Waals surface area contributed by atoms with Crippen LogP contribution in [-0.4, -0.2) is 47.7 Å². The molecule has 124 valence electrons. The number of esters is 1. The van der Waals surface area contributed by atoms with E-state index in [-0.39, 0.29) is 12.2 Å². The SMILES string of the molecule is COC(=O)[C@H](CC(C)=O)OCCC[Si](C)(C)C[Si](C)(C)C. The van der Waals surface area contributed by atoms with E-state index in [1.54, 1.807) is 0 Å². The Labute approximate surface area is 131 Å². The van der Waals surface area contributed by atoms with Gasteiger partial charge in [-0.1, -0.05) is 44.4 Å². The number of ether oxygens (including phenoxy) is 2. The van der Waals surface area contributed by atoms with Gasteiger partial charge in [0.1, 0.15) is 5.78 Å². The second-order valence-electron chi connectivity index (χ2n) is 7.79. The molecule has 0 unspecified atom stereocenters. The van der Waals surface area contributed by atoms with Crippen LogP contribution in [0.25, 0.3) is 0 Å². The minimum atomic E-state index is -1.18. The fraction of sp³-hybridized carbons (Fsp3) is 0.867. The number of ketones is 1. The minimum Gasteiger partial charge on any atom is -0.467 e. The first-order valence-corrected chi connectivity index (χ1v) is 14.8. The largest absolute Gasteiger partial charge is 0.467 e. The van der Waals surface area contributed by atoms with Gasteiger partial charge >= 0.3 is 5.97 Å². The Hall–Kier alpha value is -0.466. The fourth-order valence-electron chi connectivity index (χ4n) is 2.90. The molecule has 0 saturated heterocycles. The van der Waals surface area contributed by atoms with Crippen molar-refractivity contribution in [3.8, 4) is 0 Å². The summed E-state index contributed by atoms with van der Waals surface area (Å²) in [5, 5.41) is 0. The second kappa shape index (κ2) is 8.85. The molecule has 0 rings (SSSR count). The van der Waals surface area contributed by atoms with Crippen molar-refractivity contribution < 1.29 is 19.1 Å². The summed E-state index contributed by atoms with van der Waals surface area (Å²) < 4.78 is 10.2. The molecule has 0 bridgehead atoms. The smallest absolute Gasteiger partial charge is 0.335 e. The quantitative estimate of drug-likeness (QED) is 0.349. The van der Waals surface area contributed by atoms with E-state index in [1.165, 1.54) is 25.7 Å². The maximum Gasteiger partial charge on any atom is 0.335 e. The van der Waals surface area contributed by atoms with Gasteiger partial charge in [0, 0.05) is 29.2 Å². The third kappa shape index (κ3) is 10.8. The zero-order chi connectivity index (χ0) is 16.7. The van der Waals surface area contributed by atoms with Crippen LogP contribution in [0.4, 0.5) is 0 Å². The highest BCUT2D eigenvalue weighted by Gasteiger charge is 2.28. The van der Waals surface area contributed by atoms with Gasteiger partial charge in [0.25, 0.3) is 0 Å². The van der Waals surface area contributed by atoms with Crippen molar-refractivity contribution in [1.29, 1.82) is 0 Å². The van der Waals surface area contributed by atoms with Crippen molar-refractivity contribution in [1.82, 2.24) is 0 Å². The number of rotatable bonds is 10. The van der Waals surface area contributed by atoms with Crippen molar-refractivity contribution >= 4 is 27.9 Å². The summed E-state index contributed by atoms with van der Waals surface area (Å²) in [4.78, 5) is 22.7. The van der Waals surface area contributed by atoms with E-state index in [0.29, 0.717) is 6.61 Å². The van der Waals surface area contributed by atoms with Crippen LogP contribution in [0.1, 0.15) is 19.8 Å². The van der Waals surface area contributed by atoms with Crippen molar-refractivity contribution in [3.63, 3.8) is 0 Å². The molecule has 4 nitrogen and oxygen atoms in total. The van der Waals surface area contributed by atoms with Gasteiger partial charge < -0.3 is 9.47 Å². The molecule has 6 heteroatoms. The van der Waals surface area contributed by atoms with E-state index in [0.717, 1.165) is 6.42 Å². The molecule has 0 spiro atoms. The summed E-state index contributed by atoms with van der Waals surface area (Å²) in [6.07, 6.45) is 0.312. The Kier molecular flexibility index (Phi) is 8.65. The third-order valence-corrected chi connectivity index (χ3v) is 13.0. The molecule has 0 aromatic heterocycles. The van der Waals surface area contributed by atoms with E-state index < -0.39 is 28.2 Å². The first-order valence-electron chi connectivity index (χ1n) is 7.66. The molecule has 0 N–H and O–H groups in total. The van der Waals surface area contributed by atoms with Crippen LogP contribution in [0.2, 0.25) is 44.4 Å². The fourth-order valence-corrected chi connectivity index (χ4v) is 16.2. The summed E-state index contributed by atoms with van der Waals surface area (Å²) >= 11 is 0. The van der Waals surface area contributed by atoms with Gasteiger partial charge in [-0.25, -0.2) is 4.79 Å². The van der Waals surface area contributed by atoms with Crippen LogP contribution in [0.15, 0.2) is 0 Å². The number of carbonyl (C=O) groups excluding carboxylic acids is 2. The van der Waals surface area contributed by atoms with E-state index in [4.69, 9.17) is 4.74 Å². The van der Waals surface area contributed by atoms with Crippen LogP contribution in [0, 0.1) is 0 Å². The Balaban J connectivity index is 4.21. The van der Waals surface area contributed by atoms with Gasteiger partial charge in [0.15, 0.2) is 6.10 Å². The van der Waals surface area contributed by atoms with Gasteiger partial charge in [-0.2, -0.15) is 0 Å². The Bertz CT molecular complexity index is 348. The van der Waals surface area contributed by atoms with Gasteiger partial charge in [-0.15, -0.1) is 0 Å². The van der Waals surface area contributed by atoms with Crippen LogP contribution in [0.5, 0.6) is 0 Å². The van der Waals surface area contributed by atoms with Crippen LogP contribution < -0.4 is 0 Å². The summed E-state index contributed by atoms with van der Waals surface area (Å²) in [6, 6.07) is 1.20. The van der Waals surface area contributed by atoms with E-state index in [2.05, 4.69) is 37.5 Å². The lowest BCUT2D eigenvalue weighted by atomic mass is 10.2. The van der Waals surface area contributed by atoms with Gasteiger partial charge in [0.2, 0.25) is 0 Å². The van der Waals surface area contributed by atoms with Crippen molar-refractivity contribution in [2.24, 2.45) is 0 Å². The normalized spacial score (nSPS) is 13.9. The van der Waals surface area contributed by atoms with Crippen molar-refractivity contribution in [2.45, 2.75) is 70.3 Å². The predicted octanol–water partition coefficient (Wildman–Crippen LogP) is 3.50. The molecule has 0 aromatic rings. The predicted molar refractivity (Wildman–Crippen MR) is 92.1 cm³/mol. The van der Waals surface area contributed by atoms with Crippen LogP contribution in [0.3, 0.4) is 0 Å². The first-order chi connectivity index (χ1) is 9.47. The molecule has 0 aliphatic carbocycles. The third-order valence-electron chi connectivity index (χ3n) is 3.26. The number of hydrogen-bond donors (Lipinski definition) is 0. The van der Waals surface area contributed by atoms with Crippen molar-refractivity contribution in [2.75, 3.05) is 13.7 Å². The number of methoxy groups -OCH3 is 1. The molecule has 0 fully saturated rings. The Morgan fingerprint density at radius 3 is 2.10 bits per heavy atom. The molecule has 0 saturated carbocycles. The topological polar surface area (TPSA) is 52.6 Å². The van der Waals surface area contributed by atoms with E-state index in [9.17, 15) is 9.59 Å². The second-order valence-corrected chi connectivity index (χ2v) is 19.2. The molecule has 0 aromatic carbocycles. The lowest BCUT2D eigenvalue weighted by Gasteiger charge is -2.29. The molecule has 0 radical (unpaired) electrons. The highest BCUT2D eigenvalue weighted by atomic mass is 28.4. The highest BCUT2D eigenvalue weighted by Crippen LogP contribution is 2.24. The monoisotopic (exact) mass is 332 g/mol. The molecule has 1 atom stereocenters. The number of carbonyl (C=O) groups is 2. The average molecular weight is 333 g/mol. The lowest BCUT2D eigenvalue weighted by molar-refractivity contribution is -0.156. The standard InChI is InChI=1S/C15H32O4Si2/c1-13(16)11-14(15(17)18-2)19-9-8-10-21(6,7)12-20(3,4)5/h14H,8-12H2,1-7H3/t14-/m0/s1. The number of Topliss-reactive ketones (excluding diaryl/α,β-unsaturated/α-hetero) is 1. The maximum atomic E-state index is 11.5. The molecule has 0 heterocycles. The molecule has 21 heavy (non-hydrogen) atoms. The van der Waals surface area contributed by atoms with Crippen LogP contribution in [-0.2, 0) is 19.1 Å². The average Bonchev–Trinajstić information content (AvgIpc) is 2.28. The highest BCUT2D eigenvalue weighted by molar-refractivity contribution is 6.94. The molecule has 0 amide bonds. The van der Waals surface area contributed by atoms with E-state index in [1.807, 2.05) is 0 Å². The Morgan fingerprint density at radius 1 is 1.10 bits per heavy atom. The van der Waals surface area contributed by atoms with Gasteiger partial charge in [-0.05, 0) is 13.3 Å². The summed E-state index contributed by atoms with van der Waals surface area (Å²) in [5.41, 5.74) is 1.41. The lowest BCUT2D eigenvalue weighted by Crippen LogP contribution is -2.37. The summed E-state index contributed by atoms with van der Waals surface area (Å²) in [6.45, 7) is 14.1. The maximum absolute atomic E-state index is 11.5. The molecular weight excluding hydrogens is 300 g/mol. The number of hydrogen-bond acceptors (Lipinski definition) is 4. The van der Waals surface area contributed by atoms with E-state index >= 15 is 0 Å². The van der Waals surface area contributed by atoms with Gasteiger partial charge in [-0.3, -0.25) is 4.79 Å². The summed E-state index contributed by atoms with van der Waals surface area (Å²) in [5.74, 6) is -0.511.